The number of rotatable bonds is 5. The summed E-state index contributed by atoms with van der Waals surface area (Å²) in [5.74, 6) is 1.61. The molecule has 6 nitrogen and oxygen atoms in total. The number of aromatic nitrogens is 4. The minimum Gasteiger partial charge on any atom is -0.317 e. The molecule has 3 rings (SSSR count). The summed E-state index contributed by atoms with van der Waals surface area (Å²) in [7, 11) is 0. The molecule has 0 aromatic carbocycles. The van der Waals surface area contributed by atoms with Crippen LogP contribution < -0.4 is 10.6 Å². The topological polar surface area (TPSA) is 67.1 Å². The molecule has 0 spiro atoms. The van der Waals surface area contributed by atoms with Crippen LogP contribution in [0.3, 0.4) is 0 Å². The molecule has 0 aliphatic carbocycles. The molecule has 0 saturated carbocycles. The number of hydrogen-bond acceptors (Lipinski definition) is 5. The van der Waals surface area contributed by atoms with Crippen molar-refractivity contribution in [3.63, 3.8) is 0 Å². The standard InChI is InChI=1S/C15H24N6/c1-11-10-12(2)21-15(18-11)19-14(20-21)4-3-7-17-13-5-8-16-9-6-13/h10,13,16-17H,3-9H2,1-2H3. The lowest BCUT2D eigenvalue weighted by atomic mass is 10.1. The van der Waals surface area contributed by atoms with Crippen LogP contribution in [0.4, 0.5) is 0 Å². The first-order valence-corrected chi connectivity index (χ1v) is 7.86. The molecule has 2 N–H and O–H groups in total. The first-order chi connectivity index (χ1) is 10.2. The first kappa shape index (κ1) is 14.4. The third kappa shape index (κ3) is 3.57. The van der Waals surface area contributed by atoms with Gasteiger partial charge in [0.05, 0.1) is 0 Å². The van der Waals surface area contributed by atoms with Crippen molar-refractivity contribution in [2.24, 2.45) is 0 Å². The largest absolute Gasteiger partial charge is 0.317 e. The molecule has 6 heteroatoms. The van der Waals surface area contributed by atoms with Crippen LogP contribution >= 0.6 is 0 Å². The summed E-state index contributed by atoms with van der Waals surface area (Å²) >= 11 is 0. The predicted octanol–water partition coefficient (Wildman–Crippen LogP) is 1.02. The fraction of sp³-hybridized carbons (Fsp3) is 0.667. The SMILES string of the molecule is Cc1cc(C)n2nc(CCCNC3CCNCC3)nc2n1. The molecule has 0 atom stereocenters. The summed E-state index contributed by atoms with van der Waals surface area (Å²) in [6.07, 6.45) is 4.43. The van der Waals surface area contributed by atoms with Crippen LogP contribution in [0, 0.1) is 13.8 Å². The number of aryl methyl sites for hydroxylation is 3. The van der Waals surface area contributed by atoms with Gasteiger partial charge in [-0.1, -0.05) is 0 Å². The predicted molar refractivity (Wildman–Crippen MR) is 82.5 cm³/mol. The molecule has 1 fully saturated rings. The van der Waals surface area contributed by atoms with Gasteiger partial charge in [0.1, 0.15) is 0 Å². The summed E-state index contributed by atoms with van der Waals surface area (Å²) in [6.45, 7) is 7.33. The minimum atomic E-state index is 0.673. The van der Waals surface area contributed by atoms with Crippen molar-refractivity contribution in [3.8, 4) is 0 Å². The van der Waals surface area contributed by atoms with E-state index in [0.717, 1.165) is 49.7 Å². The maximum Gasteiger partial charge on any atom is 0.252 e. The second-order valence-corrected chi connectivity index (χ2v) is 5.86. The molecule has 3 heterocycles. The van der Waals surface area contributed by atoms with Gasteiger partial charge in [-0.3, -0.25) is 0 Å². The van der Waals surface area contributed by atoms with Gasteiger partial charge in [-0.2, -0.15) is 4.98 Å². The summed E-state index contributed by atoms with van der Waals surface area (Å²) < 4.78 is 1.84. The minimum absolute atomic E-state index is 0.673. The third-order valence-electron chi connectivity index (χ3n) is 4.01. The lowest BCUT2D eigenvalue weighted by molar-refractivity contribution is 0.385. The molecule has 21 heavy (non-hydrogen) atoms. The van der Waals surface area contributed by atoms with Crippen molar-refractivity contribution in [2.45, 2.75) is 45.6 Å². The zero-order valence-electron chi connectivity index (χ0n) is 12.9. The van der Waals surface area contributed by atoms with Crippen LogP contribution in [0.2, 0.25) is 0 Å². The van der Waals surface area contributed by atoms with E-state index in [9.17, 15) is 0 Å². The van der Waals surface area contributed by atoms with Gasteiger partial charge in [0.15, 0.2) is 5.82 Å². The molecule has 2 aromatic heterocycles. The van der Waals surface area contributed by atoms with Crippen molar-refractivity contribution < 1.29 is 0 Å². The molecule has 0 bridgehead atoms. The highest BCUT2D eigenvalue weighted by Gasteiger charge is 2.12. The van der Waals surface area contributed by atoms with Crippen molar-refractivity contribution in [2.75, 3.05) is 19.6 Å². The maximum absolute atomic E-state index is 4.54. The van der Waals surface area contributed by atoms with Gasteiger partial charge in [0.2, 0.25) is 0 Å². The summed E-state index contributed by atoms with van der Waals surface area (Å²) in [6, 6.07) is 2.70. The second kappa shape index (κ2) is 6.49. The van der Waals surface area contributed by atoms with Crippen LogP contribution in [-0.4, -0.2) is 45.3 Å². The Labute approximate surface area is 125 Å². The summed E-state index contributed by atoms with van der Waals surface area (Å²) in [5, 5.41) is 11.6. The van der Waals surface area contributed by atoms with Crippen LogP contribution in [-0.2, 0) is 6.42 Å². The quantitative estimate of drug-likeness (QED) is 0.804. The fourth-order valence-corrected chi connectivity index (χ4v) is 2.89. The van der Waals surface area contributed by atoms with Crippen molar-refractivity contribution in [3.05, 3.63) is 23.3 Å². The van der Waals surface area contributed by atoms with Crippen molar-refractivity contribution >= 4 is 5.78 Å². The van der Waals surface area contributed by atoms with E-state index in [-0.39, 0.29) is 0 Å². The highest BCUT2D eigenvalue weighted by Crippen LogP contribution is 2.07. The Bertz CT molecular complexity index is 599. The Hall–Kier alpha value is -1.53. The molecular formula is C15H24N6. The lowest BCUT2D eigenvalue weighted by Gasteiger charge is -2.23. The van der Waals surface area contributed by atoms with E-state index < -0.39 is 0 Å². The number of piperidine rings is 1. The molecule has 0 amide bonds. The number of hydrogen-bond donors (Lipinski definition) is 2. The first-order valence-electron chi connectivity index (χ1n) is 7.86. The Morgan fingerprint density at radius 3 is 2.90 bits per heavy atom. The molecule has 0 unspecified atom stereocenters. The molecule has 1 saturated heterocycles. The molecule has 0 radical (unpaired) electrons. The highest BCUT2D eigenvalue weighted by molar-refractivity contribution is 5.30. The van der Waals surface area contributed by atoms with Gasteiger partial charge >= 0.3 is 0 Å². The Balaban J connectivity index is 1.52. The average Bonchev–Trinajstić information content (AvgIpc) is 2.88. The number of nitrogens with one attached hydrogen (secondary N) is 2. The maximum atomic E-state index is 4.54. The number of nitrogens with zero attached hydrogens (tertiary/aromatic N) is 4. The van der Waals surface area contributed by atoms with E-state index >= 15 is 0 Å². The van der Waals surface area contributed by atoms with Crippen LogP contribution in [0.25, 0.3) is 5.78 Å². The van der Waals surface area contributed by atoms with E-state index in [0.29, 0.717) is 11.8 Å². The Kier molecular flexibility index (Phi) is 4.45. The van der Waals surface area contributed by atoms with Gasteiger partial charge in [-0.25, -0.2) is 9.50 Å². The normalized spacial score (nSPS) is 16.7. The molecular weight excluding hydrogens is 264 g/mol. The summed E-state index contributed by atoms with van der Waals surface area (Å²) in [4.78, 5) is 8.95. The molecule has 1 aliphatic rings. The van der Waals surface area contributed by atoms with Gasteiger partial charge in [-0.15, -0.1) is 5.10 Å². The van der Waals surface area contributed by atoms with E-state index in [1.165, 1.54) is 12.8 Å². The monoisotopic (exact) mass is 288 g/mol. The van der Waals surface area contributed by atoms with Gasteiger partial charge in [0.25, 0.3) is 5.78 Å². The van der Waals surface area contributed by atoms with Crippen LogP contribution in [0.1, 0.15) is 36.5 Å². The number of fused-ring (bicyclic) bond motifs is 1. The van der Waals surface area contributed by atoms with Gasteiger partial charge in [0, 0.05) is 23.9 Å². The van der Waals surface area contributed by atoms with E-state index in [1.807, 2.05) is 24.4 Å². The Morgan fingerprint density at radius 1 is 1.29 bits per heavy atom. The average molecular weight is 288 g/mol. The second-order valence-electron chi connectivity index (χ2n) is 5.86. The fourth-order valence-electron chi connectivity index (χ4n) is 2.89. The summed E-state index contributed by atoms with van der Waals surface area (Å²) in [5.41, 5.74) is 2.08. The third-order valence-corrected chi connectivity index (χ3v) is 4.01. The van der Waals surface area contributed by atoms with Crippen molar-refractivity contribution in [1.29, 1.82) is 0 Å². The van der Waals surface area contributed by atoms with Gasteiger partial charge in [-0.05, 0) is 58.8 Å². The van der Waals surface area contributed by atoms with E-state index in [1.54, 1.807) is 0 Å². The lowest BCUT2D eigenvalue weighted by Crippen LogP contribution is -2.40. The molecule has 1 aliphatic heterocycles. The Morgan fingerprint density at radius 2 is 2.10 bits per heavy atom. The zero-order chi connectivity index (χ0) is 14.7. The van der Waals surface area contributed by atoms with E-state index in [2.05, 4.69) is 25.7 Å². The molecule has 2 aromatic rings. The van der Waals surface area contributed by atoms with Crippen molar-refractivity contribution in [1.82, 2.24) is 30.2 Å². The van der Waals surface area contributed by atoms with Gasteiger partial charge < -0.3 is 10.6 Å². The molecule has 114 valence electrons. The highest BCUT2D eigenvalue weighted by atomic mass is 15.3. The van der Waals surface area contributed by atoms with Crippen LogP contribution in [0.15, 0.2) is 6.07 Å². The van der Waals surface area contributed by atoms with E-state index in [4.69, 9.17) is 0 Å². The zero-order valence-corrected chi connectivity index (χ0v) is 12.9. The van der Waals surface area contributed by atoms with Crippen LogP contribution in [0.5, 0.6) is 0 Å². The smallest absolute Gasteiger partial charge is 0.252 e.